The van der Waals surface area contributed by atoms with E-state index in [0.717, 1.165) is 6.07 Å². The van der Waals surface area contributed by atoms with Crippen molar-refractivity contribution in [2.75, 3.05) is 23.4 Å². The van der Waals surface area contributed by atoms with Gasteiger partial charge in [-0.3, -0.25) is 9.78 Å². The van der Waals surface area contributed by atoms with E-state index in [1.54, 1.807) is 19.1 Å². The van der Waals surface area contributed by atoms with Crippen LogP contribution in [0.25, 0.3) is 22.5 Å². The van der Waals surface area contributed by atoms with Gasteiger partial charge in [-0.2, -0.15) is 0 Å². The first-order valence-corrected chi connectivity index (χ1v) is 11.0. The fourth-order valence-electron chi connectivity index (χ4n) is 3.51. The normalized spacial score (nSPS) is 10.8. The molecule has 0 spiro atoms. The van der Waals surface area contributed by atoms with Gasteiger partial charge in [0.1, 0.15) is 5.82 Å². The lowest BCUT2D eigenvalue weighted by atomic mass is 10.1. The zero-order valence-electron chi connectivity index (χ0n) is 19.5. The van der Waals surface area contributed by atoms with Crippen LogP contribution in [0.5, 0.6) is 5.75 Å². The minimum atomic E-state index is -0.918. The van der Waals surface area contributed by atoms with E-state index >= 15 is 4.39 Å². The maximum atomic E-state index is 15.1. The summed E-state index contributed by atoms with van der Waals surface area (Å²) in [6.07, 6.45) is 3.61. The van der Waals surface area contributed by atoms with Crippen LogP contribution in [0.2, 0.25) is 0 Å². The highest BCUT2D eigenvalue weighted by molar-refractivity contribution is 6.08. The number of nitrogens with one attached hydrogen (secondary N) is 1. The van der Waals surface area contributed by atoms with Crippen molar-refractivity contribution in [3.63, 3.8) is 0 Å². The molecule has 0 aliphatic carbocycles. The van der Waals surface area contributed by atoms with E-state index in [1.807, 2.05) is 6.92 Å². The Morgan fingerprint density at radius 1 is 1.06 bits per heavy atom. The molecule has 1 aromatic carbocycles. The van der Waals surface area contributed by atoms with Crippen molar-refractivity contribution in [1.29, 1.82) is 0 Å². The van der Waals surface area contributed by atoms with Gasteiger partial charge in [0.25, 0.3) is 5.91 Å². The van der Waals surface area contributed by atoms with Crippen LogP contribution in [0, 0.1) is 18.6 Å². The van der Waals surface area contributed by atoms with E-state index < -0.39 is 23.1 Å². The van der Waals surface area contributed by atoms with Gasteiger partial charge in [-0.05, 0) is 49.7 Å². The van der Waals surface area contributed by atoms with Crippen LogP contribution in [0.1, 0.15) is 29.5 Å². The van der Waals surface area contributed by atoms with E-state index in [-0.39, 0.29) is 35.4 Å². The number of nitrogens with two attached hydrogens (primary N) is 2. The predicted octanol–water partition coefficient (Wildman–Crippen LogP) is 4.39. The van der Waals surface area contributed by atoms with Crippen molar-refractivity contribution in [3.05, 3.63) is 71.8 Å². The molecule has 36 heavy (non-hydrogen) atoms. The van der Waals surface area contributed by atoms with Gasteiger partial charge in [0.15, 0.2) is 17.3 Å². The van der Waals surface area contributed by atoms with E-state index in [9.17, 15) is 9.18 Å². The second kappa shape index (κ2) is 10.3. The number of nitrogens with zero attached hydrogens (tertiary/aromatic N) is 4. The molecule has 1 amide bonds. The lowest BCUT2D eigenvalue weighted by Gasteiger charge is -2.14. The molecule has 0 saturated carbocycles. The summed E-state index contributed by atoms with van der Waals surface area (Å²) in [7, 11) is 0. The summed E-state index contributed by atoms with van der Waals surface area (Å²) >= 11 is 0. The number of carbonyl (C=O) groups is 1. The first-order chi connectivity index (χ1) is 17.3. The number of hydrogen-bond acceptors (Lipinski definition) is 8. The summed E-state index contributed by atoms with van der Waals surface area (Å²) in [6.45, 7) is 3.89. The number of hydrogen-bond donors (Lipinski definition) is 3. The molecule has 4 aromatic rings. The minimum Gasteiger partial charge on any atom is -0.491 e. The first kappa shape index (κ1) is 24.5. The number of ether oxygens (including phenoxy) is 1. The van der Waals surface area contributed by atoms with Gasteiger partial charge in [0.05, 0.1) is 41.1 Å². The highest BCUT2D eigenvalue weighted by Gasteiger charge is 2.21. The first-order valence-electron chi connectivity index (χ1n) is 11.0. The number of halogens is 2. The molecule has 0 bridgehead atoms. The van der Waals surface area contributed by atoms with E-state index in [1.165, 1.54) is 30.6 Å². The van der Waals surface area contributed by atoms with Gasteiger partial charge in [-0.15, -0.1) is 0 Å². The number of nitrogen functional groups attached to an aromatic ring is 2. The maximum Gasteiger partial charge on any atom is 0.276 e. The van der Waals surface area contributed by atoms with Gasteiger partial charge < -0.3 is 21.5 Å². The standard InChI is InChI=1S/C25H23F2N7O2/c1-3-10-36-20-7-4-15(26)21(22(20)27)17-6-5-16(28)23(32-17)24(35)33-19-12-30-9-8-14(19)18-11-13(2)31-25(29)34-18/h4-9,11-12H,3,10,28H2,1-2H3,(H,33,35)(H2,29,31,34). The molecule has 0 aliphatic rings. The molecule has 0 aliphatic heterocycles. The molecule has 3 aromatic heterocycles. The minimum absolute atomic E-state index is 0.0167. The van der Waals surface area contributed by atoms with Crippen LogP contribution < -0.4 is 21.5 Å². The largest absolute Gasteiger partial charge is 0.491 e. The Labute approximate surface area is 205 Å². The van der Waals surface area contributed by atoms with Crippen molar-refractivity contribution in [1.82, 2.24) is 19.9 Å². The van der Waals surface area contributed by atoms with Crippen LogP contribution >= 0.6 is 0 Å². The number of aryl methyl sites for hydroxylation is 1. The molecule has 0 fully saturated rings. The SMILES string of the molecule is CCCOc1ccc(F)c(-c2ccc(N)c(C(=O)Nc3cnccc3-c3cc(C)nc(N)n3)n2)c1F. The molecular formula is C25H23F2N7O2. The molecule has 0 atom stereocenters. The summed E-state index contributed by atoms with van der Waals surface area (Å²) in [5, 5.41) is 2.69. The van der Waals surface area contributed by atoms with Gasteiger partial charge >= 0.3 is 0 Å². The Balaban J connectivity index is 1.70. The molecule has 3 heterocycles. The van der Waals surface area contributed by atoms with Gasteiger partial charge in [0.2, 0.25) is 5.95 Å². The molecule has 5 N–H and O–H groups in total. The van der Waals surface area contributed by atoms with E-state index in [0.29, 0.717) is 29.1 Å². The molecule has 11 heteroatoms. The topological polar surface area (TPSA) is 142 Å². The Hall–Kier alpha value is -4.67. The van der Waals surface area contributed by atoms with Crippen LogP contribution in [0.3, 0.4) is 0 Å². The monoisotopic (exact) mass is 491 g/mol. The van der Waals surface area contributed by atoms with Crippen LogP contribution in [-0.4, -0.2) is 32.4 Å². The average molecular weight is 492 g/mol. The van der Waals surface area contributed by atoms with Crippen LogP contribution in [0.4, 0.5) is 26.1 Å². The second-order valence-electron chi connectivity index (χ2n) is 7.85. The smallest absolute Gasteiger partial charge is 0.276 e. The van der Waals surface area contributed by atoms with Crippen LogP contribution in [-0.2, 0) is 0 Å². The summed E-state index contributed by atoms with van der Waals surface area (Å²) in [5.74, 6) is -2.52. The predicted molar refractivity (Wildman–Crippen MR) is 132 cm³/mol. The van der Waals surface area contributed by atoms with Crippen molar-refractivity contribution in [3.8, 4) is 28.3 Å². The Bertz CT molecular complexity index is 1430. The highest BCUT2D eigenvalue weighted by Crippen LogP contribution is 2.32. The molecule has 0 radical (unpaired) electrons. The van der Waals surface area contributed by atoms with Gasteiger partial charge in [-0.1, -0.05) is 6.92 Å². The number of benzene rings is 1. The highest BCUT2D eigenvalue weighted by atomic mass is 19.1. The summed E-state index contributed by atoms with van der Waals surface area (Å²) < 4.78 is 35.0. The molecular weight excluding hydrogens is 468 g/mol. The third-order valence-electron chi connectivity index (χ3n) is 5.13. The van der Waals surface area contributed by atoms with Crippen molar-refractivity contribution >= 4 is 23.2 Å². The Kier molecular flexibility index (Phi) is 7.00. The van der Waals surface area contributed by atoms with Gasteiger partial charge in [-0.25, -0.2) is 23.7 Å². The summed E-state index contributed by atoms with van der Waals surface area (Å²) in [6, 6.07) is 8.33. The third-order valence-corrected chi connectivity index (χ3v) is 5.13. The average Bonchev–Trinajstić information content (AvgIpc) is 2.84. The number of aromatic nitrogens is 4. The fraction of sp³-hybridized carbons (Fsp3) is 0.160. The number of anilines is 3. The molecule has 0 saturated heterocycles. The zero-order valence-corrected chi connectivity index (χ0v) is 19.5. The maximum absolute atomic E-state index is 15.1. The quantitative estimate of drug-likeness (QED) is 0.345. The number of carbonyl (C=O) groups excluding carboxylic acids is 1. The molecule has 0 unspecified atom stereocenters. The van der Waals surface area contributed by atoms with Gasteiger partial charge in [0, 0.05) is 17.5 Å². The van der Waals surface area contributed by atoms with E-state index in [4.69, 9.17) is 16.2 Å². The zero-order chi connectivity index (χ0) is 25.8. The van der Waals surface area contributed by atoms with Crippen molar-refractivity contribution < 1.29 is 18.3 Å². The third kappa shape index (κ3) is 5.04. The van der Waals surface area contributed by atoms with E-state index in [2.05, 4.69) is 25.3 Å². The molecule has 4 rings (SSSR count). The lowest BCUT2D eigenvalue weighted by Crippen LogP contribution is -2.17. The molecule has 184 valence electrons. The number of amides is 1. The lowest BCUT2D eigenvalue weighted by molar-refractivity contribution is 0.102. The summed E-state index contributed by atoms with van der Waals surface area (Å²) in [4.78, 5) is 29.7. The second-order valence-corrected chi connectivity index (χ2v) is 7.85. The number of rotatable bonds is 7. The van der Waals surface area contributed by atoms with Crippen LogP contribution in [0.15, 0.2) is 48.8 Å². The fourth-order valence-corrected chi connectivity index (χ4v) is 3.51. The number of pyridine rings is 2. The Morgan fingerprint density at radius 3 is 2.61 bits per heavy atom. The van der Waals surface area contributed by atoms with Crippen molar-refractivity contribution in [2.24, 2.45) is 0 Å². The molecule has 9 nitrogen and oxygen atoms in total. The summed E-state index contributed by atoms with van der Waals surface area (Å²) in [5.41, 5.74) is 13.0. The Morgan fingerprint density at radius 2 is 1.86 bits per heavy atom. The van der Waals surface area contributed by atoms with Crippen molar-refractivity contribution in [2.45, 2.75) is 20.3 Å².